The van der Waals surface area contributed by atoms with Gasteiger partial charge in [-0.3, -0.25) is 9.59 Å². The van der Waals surface area contributed by atoms with Crippen molar-refractivity contribution in [3.63, 3.8) is 0 Å². The zero-order chi connectivity index (χ0) is 23.3. The van der Waals surface area contributed by atoms with E-state index in [0.29, 0.717) is 24.1 Å². The van der Waals surface area contributed by atoms with Gasteiger partial charge in [0.15, 0.2) is 0 Å². The van der Waals surface area contributed by atoms with Crippen LogP contribution in [0, 0.1) is 20.8 Å². The summed E-state index contributed by atoms with van der Waals surface area (Å²) in [7, 11) is 0. The van der Waals surface area contributed by atoms with Crippen molar-refractivity contribution in [3.05, 3.63) is 64.5 Å². The average Bonchev–Trinajstić information content (AvgIpc) is 3.22. The Morgan fingerprint density at radius 3 is 2.28 bits per heavy atom. The van der Waals surface area contributed by atoms with Gasteiger partial charge in [0, 0.05) is 24.1 Å². The lowest BCUT2D eigenvalue weighted by Crippen LogP contribution is -2.33. The van der Waals surface area contributed by atoms with Crippen molar-refractivity contribution in [2.45, 2.75) is 53.4 Å². The average molecular weight is 435 g/mol. The molecule has 2 aromatic carbocycles. The Morgan fingerprint density at radius 2 is 1.66 bits per heavy atom. The molecule has 7 nitrogen and oxygen atoms in total. The quantitative estimate of drug-likeness (QED) is 0.545. The van der Waals surface area contributed by atoms with E-state index in [1.807, 2.05) is 57.2 Å². The highest BCUT2D eigenvalue weighted by molar-refractivity contribution is 5.95. The fourth-order valence-corrected chi connectivity index (χ4v) is 3.54. The predicted octanol–water partition coefficient (Wildman–Crippen LogP) is 4.47. The number of carbonyl (C=O) groups is 2. The molecule has 1 heterocycles. The second-order valence-corrected chi connectivity index (χ2v) is 8.39. The van der Waals surface area contributed by atoms with Crippen LogP contribution in [-0.2, 0) is 16.0 Å². The van der Waals surface area contributed by atoms with Crippen molar-refractivity contribution in [2.75, 3.05) is 11.9 Å². The van der Waals surface area contributed by atoms with Crippen LogP contribution < -0.4 is 10.6 Å². The van der Waals surface area contributed by atoms with Gasteiger partial charge in [0.25, 0.3) is 0 Å². The third kappa shape index (κ3) is 6.03. The van der Waals surface area contributed by atoms with E-state index in [9.17, 15) is 9.59 Å². The van der Waals surface area contributed by atoms with Gasteiger partial charge in [-0.15, -0.1) is 0 Å². The SMILES string of the molecule is Cc1cc(C)c(NC(=O)CNC(=O)CCc2nc(-c3ccc(C(C)C)cc3)no2)c(C)c1. The highest BCUT2D eigenvalue weighted by Gasteiger charge is 2.13. The van der Waals surface area contributed by atoms with E-state index in [1.165, 1.54) is 5.56 Å². The molecular weight excluding hydrogens is 404 g/mol. The lowest BCUT2D eigenvalue weighted by Gasteiger charge is -2.13. The van der Waals surface area contributed by atoms with Gasteiger partial charge in [-0.2, -0.15) is 4.98 Å². The monoisotopic (exact) mass is 434 g/mol. The number of nitrogens with one attached hydrogen (secondary N) is 2. The van der Waals surface area contributed by atoms with Crippen molar-refractivity contribution < 1.29 is 14.1 Å². The molecule has 2 amide bonds. The highest BCUT2D eigenvalue weighted by atomic mass is 16.5. The van der Waals surface area contributed by atoms with Gasteiger partial charge in [0.1, 0.15) is 0 Å². The van der Waals surface area contributed by atoms with Crippen molar-refractivity contribution in [2.24, 2.45) is 0 Å². The number of anilines is 1. The van der Waals surface area contributed by atoms with Crippen LogP contribution in [0.25, 0.3) is 11.4 Å². The number of nitrogens with zero attached hydrogens (tertiary/aromatic N) is 2. The van der Waals surface area contributed by atoms with Gasteiger partial charge in [0.2, 0.25) is 23.5 Å². The molecule has 0 bridgehead atoms. The standard InChI is InChI=1S/C25H30N4O3/c1-15(2)19-6-8-20(9-7-19)25-28-23(32-29-25)11-10-21(30)26-14-22(31)27-24-17(4)12-16(3)13-18(24)5/h6-9,12-13,15H,10-11,14H2,1-5H3,(H,26,30)(H,27,31). The Morgan fingerprint density at radius 1 is 1.00 bits per heavy atom. The molecule has 0 spiro atoms. The van der Waals surface area contributed by atoms with Crippen LogP contribution in [0.4, 0.5) is 5.69 Å². The summed E-state index contributed by atoms with van der Waals surface area (Å²) >= 11 is 0. The maximum atomic E-state index is 12.2. The number of amides is 2. The second-order valence-electron chi connectivity index (χ2n) is 8.39. The van der Waals surface area contributed by atoms with E-state index >= 15 is 0 Å². The number of carbonyl (C=O) groups excluding carboxylic acids is 2. The third-order valence-corrected chi connectivity index (χ3v) is 5.26. The summed E-state index contributed by atoms with van der Waals surface area (Å²) < 4.78 is 5.27. The molecule has 0 aliphatic rings. The molecule has 0 aliphatic heterocycles. The minimum atomic E-state index is -0.265. The first-order chi connectivity index (χ1) is 15.2. The van der Waals surface area contributed by atoms with Crippen LogP contribution >= 0.6 is 0 Å². The molecule has 2 N–H and O–H groups in total. The number of hydrogen-bond acceptors (Lipinski definition) is 5. The van der Waals surface area contributed by atoms with E-state index < -0.39 is 0 Å². The second kappa shape index (κ2) is 10.2. The van der Waals surface area contributed by atoms with E-state index in [-0.39, 0.29) is 24.8 Å². The zero-order valence-electron chi connectivity index (χ0n) is 19.3. The Kier molecular flexibility index (Phi) is 7.41. The lowest BCUT2D eigenvalue weighted by atomic mass is 10.0. The van der Waals surface area contributed by atoms with Crippen LogP contribution in [0.3, 0.4) is 0 Å². The molecule has 0 radical (unpaired) electrons. The Bertz CT molecular complexity index is 1080. The minimum Gasteiger partial charge on any atom is -0.347 e. The molecule has 0 atom stereocenters. The summed E-state index contributed by atoms with van der Waals surface area (Å²) in [4.78, 5) is 28.8. The van der Waals surface area contributed by atoms with Crippen molar-refractivity contribution >= 4 is 17.5 Å². The molecule has 3 rings (SSSR count). The molecular formula is C25H30N4O3. The molecule has 1 aromatic heterocycles. The molecule has 32 heavy (non-hydrogen) atoms. The first-order valence-corrected chi connectivity index (χ1v) is 10.8. The van der Waals surface area contributed by atoms with Crippen LogP contribution in [0.2, 0.25) is 0 Å². The highest BCUT2D eigenvalue weighted by Crippen LogP contribution is 2.22. The molecule has 0 fully saturated rings. The number of hydrogen-bond donors (Lipinski definition) is 2. The van der Waals surface area contributed by atoms with Crippen molar-refractivity contribution in [1.82, 2.24) is 15.5 Å². The summed E-state index contributed by atoms with van der Waals surface area (Å²) in [6, 6.07) is 12.1. The predicted molar refractivity (Wildman–Crippen MR) is 124 cm³/mol. The van der Waals surface area contributed by atoms with Gasteiger partial charge in [-0.1, -0.05) is 61.0 Å². The summed E-state index contributed by atoms with van der Waals surface area (Å²) in [5.74, 6) is 0.824. The first-order valence-electron chi connectivity index (χ1n) is 10.8. The van der Waals surface area contributed by atoms with Gasteiger partial charge in [-0.25, -0.2) is 0 Å². The van der Waals surface area contributed by atoms with Gasteiger partial charge >= 0.3 is 0 Å². The Labute approximate surface area is 188 Å². The molecule has 168 valence electrons. The first kappa shape index (κ1) is 23.2. The lowest BCUT2D eigenvalue weighted by molar-refractivity contribution is -0.124. The van der Waals surface area contributed by atoms with Gasteiger partial charge in [-0.05, 0) is 43.4 Å². The molecule has 0 aliphatic carbocycles. The van der Waals surface area contributed by atoms with E-state index in [2.05, 4.69) is 34.6 Å². The topological polar surface area (TPSA) is 97.1 Å². The summed E-state index contributed by atoms with van der Waals surface area (Å²) in [5, 5.41) is 9.51. The summed E-state index contributed by atoms with van der Waals surface area (Å²) in [5.41, 5.74) is 6.03. The molecule has 0 saturated heterocycles. The molecule has 3 aromatic rings. The van der Waals surface area contributed by atoms with E-state index in [1.54, 1.807) is 0 Å². The maximum Gasteiger partial charge on any atom is 0.243 e. The number of benzene rings is 2. The van der Waals surface area contributed by atoms with Gasteiger partial charge < -0.3 is 15.2 Å². The van der Waals surface area contributed by atoms with Crippen molar-refractivity contribution in [1.29, 1.82) is 0 Å². The molecule has 0 saturated carbocycles. The third-order valence-electron chi connectivity index (χ3n) is 5.26. The van der Waals surface area contributed by atoms with Crippen LogP contribution in [0.5, 0.6) is 0 Å². The van der Waals surface area contributed by atoms with Crippen LogP contribution in [0.15, 0.2) is 40.9 Å². The number of aromatic nitrogens is 2. The minimum absolute atomic E-state index is 0.0944. The van der Waals surface area contributed by atoms with Crippen LogP contribution in [0.1, 0.15) is 54.3 Å². The number of aryl methyl sites for hydroxylation is 4. The fraction of sp³-hybridized carbons (Fsp3) is 0.360. The van der Waals surface area contributed by atoms with Crippen LogP contribution in [-0.4, -0.2) is 28.5 Å². The molecule has 7 heteroatoms. The Balaban J connectivity index is 1.47. The zero-order valence-corrected chi connectivity index (χ0v) is 19.3. The molecule has 0 unspecified atom stereocenters. The summed E-state index contributed by atoms with van der Waals surface area (Å²) in [6.45, 7) is 10.1. The fourth-order valence-electron chi connectivity index (χ4n) is 3.54. The maximum absolute atomic E-state index is 12.2. The largest absolute Gasteiger partial charge is 0.347 e. The van der Waals surface area contributed by atoms with Gasteiger partial charge in [0.05, 0.1) is 6.54 Å². The Hall–Kier alpha value is -3.48. The summed E-state index contributed by atoms with van der Waals surface area (Å²) in [6.07, 6.45) is 0.463. The van der Waals surface area contributed by atoms with E-state index in [4.69, 9.17) is 4.52 Å². The van der Waals surface area contributed by atoms with E-state index in [0.717, 1.165) is 27.9 Å². The normalized spacial score (nSPS) is 10.9. The van der Waals surface area contributed by atoms with Crippen molar-refractivity contribution in [3.8, 4) is 11.4 Å². The number of rotatable bonds is 8. The smallest absolute Gasteiger partial charge is 0.243 e.